The highest BCUT2D eigenvalue weighted by Gasteiger charge is 2.37. The third kappa shape index (κ3) is 1.96. The number of nitrogens with one attached hydrogen (secondary N) is 1. The van der Waals surface area contributed by atoms with E-state index >= 15 is 0 Å². The number of anilines is 1. The lowest BCUT2D eigenvalue weighted by molar-refractivity contribution is -0.385. The van der Waals surface area contributed by atoms with Crippen LogP contribution in [0.4, 0.5) is 11.4 Å². The maximum atomic E-state index is 10.6. The Balaban J connectivity index is 2.30. The largest absolute Gasteiger partial charge is 0.380 e. The van der Waals surface area contributed by atoms with Crippen molar-refractivity contribution in [2.45, 2.75) is 25.3 Å². The van der Waals surface area contributed by atoms with Crippen LogP contribution in [0.15, 0.2) is 18.2 Å². The predicted molar refractivity (Wildman–Crippen MR) is 59.1 cm³/mol. The molecular weight excluding hydrogens is 206 g/mol. The number of benzene rings is 1. The van der Waals surface area contributed by atoms with Crippen LogP contribution in [0.3, 0.4) is 0 Å². The van der Waals surface area contributed by atoms with Gasteiger partial charge < -0.3 is 5.32 Å². The van der Waals surface area contributed by atoms with Gasteiger partial charge in [-0.25, -0.2) is 0 Å². The first-order valence-electron chi connectivity index (χ1n) is 5.01. The molecule has 0 aliphatic heterocycles. The van der Waals surface area contributed by atoms with Crippen molar-refractivity contribution in [3.8, 4) is 6.07 Å². The van der Waals surface area contributed by atoms with Crippen LogP contribution in [0.2, 0.25) is 0 Å². The quantitative estimate of drug-likeness (QED) is 0.622. The molecule has 1 N–H and O–H groups in total. The summed E-state index contributed by atoms with van der Waals surface area (Å²) in [5, 5.41) is 22.7. The average molecular weight is 217 g/mol. The summed E-state index contributed by atoms with van der Waals surface area (Å²) in [6, 6.07) is 6.38. The Morgan fingerprint density at radius 2 is 2.25 bits per heavy atom. The van der Waals surface area contributed by atoms with Crippen LogP contribution in [0, 0.1) is 21.4 Å². The Bertz CT molecular complexity index is 486. The second-order valence-corrected chi connectivity index (χ2v) is 4.29. The number of nitro benzene ring substituents is 1. The van der Waals surface area contributed by atoms with Gasteiger partial charge in [-0.05, 0) is 31.9 Å². The van der Waals surface area contributed by atoms with Crippen molar-refractivity contribution in [1.82, 2.24) is 0 Å². The summed E-state index contributed by atoms with van der Waals surface area (Å²) in [6.07, 6.45) is 2.18. The summed E-state index contributed by atoms with van der Waals surface area (Å²) in [7, 11) is 0. The summed E-state index contributed by atoms with van der Waals surface area (Å²) in [4.78, 5) is 10.1. The summed E-state index contributed by atoms with van der Waals surface area (Å²) in [5.41, 5.74) is 0.818. The standard InChI is InChI=1S/C11H11N3O2/c1-11(4-5-11)13-9-2-3-10(14(15)16)8(6-9)7-12/h2-3,6,13H,4-5H2,1H3. The second-order valence-electron chi connectivity index (χ2n) is 4.29. The molecule has 5 nitrogen and oxygen atoms in total. The van der Waals surface area contributed by atoms with Crippen molar-refractivity contribution < 1.29 is 4.92 Å². The molecule has 1 aliphatic carbocycles. The van der Waals surface area contributed by atoms with Crippen LogP contribution >= 0.6 is 0 Å². The Morgan fingerprint density at radius 3 is 2.75 bits per heavy atom. The Hall–Kier alpha value is -2.09. The first kappa shape index (κ1) is 10.4. The Labute approximate surface area is 92.8 Å². The molecule has 82 valence electrons. The van der Waals surface area contributed by atoms with Crippen LogP contribution < -0.4 is 5.32 Å². The van der Waals surface area contributed by atoms with Crippen LogP contribution in [-0.2, 0) is 0 Å². The van der Waals surface area contributed by atoms with E-state index < -0.39 is 4.92 Å². The molecule has 5 heteroatoms. The van der Waals surface area contributed by atoms with E-state index in [1.54, 1.807) is 6.07 Å². The van der Waals surface area contributed by atoms with Gasteiger partial charge in [0.2, 0.25) is 0 Å². The number of hydrogen-bond donors (Lipinski definition) is 1. The molecule has 1 aliphatic rings. The highest BCUT2D eigenvalue weighted by atomic mass is 16.6. The van der Waals surface area contributed by atoms with Gasteiger partial charge in [0.25, 0.3) is 5.69 Å². The topological polar surface area (TPSA) is 79.0 Å². The molecule has 0 aromatic heterocycles. The lowest BCUT2D eigenvalue weighted by atomic mass is 10.1. The molecule has 0 bridgehead atoms. The van der Waals surface area contributed by atoms with Crippen LogP contribution in [0.1, 0.15) is 25.3 Å². The number of nitrogens with zero attached hydrogens (tertiary/aromatic N) is 2. The molecular formula is C11H11N3O2. The molecule has 0 spiro atoms. The van der Waals surface area contributed by atoms with Crippen molar-refractivity contribution in [1.29, 1.82) is 5.26 Å². The van der Waals surface area contributed by atoms with E-state index in [0.717, 1.165) is 18.5 Å². The molecule has 1 aromatic carbocycles. The van der Waals surface area contributed by atoms with E-state index in [4.69, 9.17) is 5.26 Å². The predicted octanol–water partition coefficient (Wildman–Crippen LogP) is 2.43. The first-order valence-corrected chi connectivity index (χ1v) is 5.01. The molecule has 0 radical (unpaired) electrons. The molecule has 1 aromatic rings. The smallest absolute Gasteiger partial charge is 0.287 e. The average Bonchev–Trinajstić information content (AvgIpc) is 2.95. The van der Waals surface area contributed by atoms with Crippen molar-refractivity contribution >= 4 is 11.4 Å². The van der Waals surface area contributed by atoms with E-state index in [-0.39, 0.29) is 16.8 Å². The summed E-state index contributed by atoms with van der Waals surface area (Å²) in [5.74, 6) is 0. The highest BCUT2D eigenvalue weighted by Crippen LogP contribution is 2.38. The van der Waals surface area contributed by atoms with E-state index in [1.807, 2.05) is 6.07 Å². The Kier molecular flexibility index (Phi) is 2.27. The zero-order valence-electron chi connectivity index (χ0n) is 8.86. The molecule has 0 amide bonds. The van der Waals surface area contributed by atoms with Gasteiger partial charge in [-0.15, -0.1) is 0 Å². The minimum absolute atomic E-state index is 0.0965. The summed E-state index contributed by atoms with van der Waals surface area (Å²) in [6.45, 7) is 2.08. The maximum absolute atomic E-state index is 10.6. The number of rotatable bonds is 3. The number of hydrogen-bond acceptors (Lipinski definition) is 4. The van der Waals surface area contributed by atoms with Crippen LogP contribution in [0.25, 0.3) is 0 Å². The lowest BCUT2D eigenvalue weighted by Gasteiger charge is -2.12. The molecule has 16 heavy (non-hydrogen) atoms. The molecule has 1 fully saturated rings. The normalized spacial score (nSPS) is 16.2. The van der Waals surface area contributed by atoms with E-state index in [1.165, 1.54) is 12.1 Å². The van der Waals surface area contributed by atoms with Crippen molar-refractivity contribution in [2.75, 3.05) is 5.32 Å². The number of nitriles is 1. The minimum atomic E-state index is -0.541. The molecule has 2 rings (SSSR count). The van der Waals surface area contributed by atoms with Crippen molar-refractivity contribution in [3.63, 3.8) is 0 Å². The monoisotopic (exact) mass is 217 g/mol. The molecule has 0 saturated heterocycles. The Morgan fingerprint density at radius 1 is 1.56 bits per heavy atom. The zero-order valence-corrected chi connectivity index (χ0v) is 8.86. The van der Waals surface area contributed by atoms with E-state index in [9.17, 15) is 10.1 Å². The third-order valence-corrected chi connectivity index (χ3v) is 2.76. The van der Waals surface area contributed by atoms with E-state index in [2.05, 4.69) is 12.2 Å². The third-order valence-electron chi connectivity index (χ3n) is 2.76. The second kappa shape index (κ2) is 3.49. The zero-order chi connectivity index (χ0) is 11.8. The van der Waals surface area contributed by atoms with Gasteiger partial charge in [0, 0.05) is 17.3 Å². The summed E-state index contributed by atoms with van der Waals surface area (Å²) < 4.78 is 0. The van der Waals surface area contributed by atoms with Crippen LogP contribution in [-0.4, -0.2) is 10.5 Å². The van der Waals surface area contributed by atoms with Gasteiger partial charge >= 0.3 is 0 Å². The minimum Gasteiger partial charge on any atom is -0.380 e. The fourth-order valence-corrected chi connectivity index (χ4v) is 1.52. The van der Waals surface area contributed by atoms with Gasteiger partial charge in [0.1, 0.15) is 11.6 Å². The van der Waals surface area contributed by atoms with E-state index in [0.29, 0.717) is 0 Å². The van der Waals surface area contributed by atoms with Gasteiger partial charge in [0.15, 0.2) is 0 Å². The van der Waals surface area contributed by atoms with Gasteiger partial charge in [-0.2, -0.15) is 5.26 Å². The first-order chi connectivity index (χ1) is 7.54. The fourth-order valence-electron chi connectivity index (χ4n) is 1.52. The molecule has 0 unspecified atom stereocenters. The van der Waals surface area contributed by atoms with Crippen molar-refractivity contribution in [3.05, 3.63) is 33.9 Å². The number of nitro groups is 1. The van der Waals surface area contributed by atoms with Gasteiger partial charge in [0.05, 0.1) is 4.92 Å². The fraction of sp³-hybridized carbons (Fsp3) is 0.364. The highest BCUT2D eigenvalue weighted by molar-refractivity contribution is 5.59. The SMILES string of the molecule is CC1(Nc2ccc([N+](=O)[O-])c(C#N)c2)CC1. The molecule has 0 heterocycles. The van der Waals surface area contributed by atoms with Crippen molar-refractivity contribution in [2.24, 2.45) is 0 Å². The maximum Gasteiger partial charge on any atom is 0.287 e. The van der Waals surface area contributed by atoms with Gasteiger partial charge in [-0.3, -0.25) is 10.1 Å². The molecule has 0 atom stereocenters. The van der Waals surface area contributed by atoms with Gasteiger partial charge in [-0.1, -0.05) is 0 Å². The van der Waals surface area contributed by atoms with Crippen LogP contribution in [0.5, 0.6) is 0 Å². The summed E-state index contributed by atoms with van der Waals surface area (Å²) >= 11 is 0. The molecule has 1 saturated carbocycles. The lowest BCUT2D eigenvalue weighted by Crippen LogP contribution is -2.15.